The van der Waals surface area contributed by atoms with Gasteiger partial charge in [0.1, 0.15) is 5.82 Å². The zero-order valence-electron chi connectivity index (χ0n) is 18.7. The van der Waals surface area contributed by atoms with Gasteiger partial charge in [-0.2, -0.15) is 0 Å². The van der Waals surface area contributed by atoms with E-state index in [1.165, 1.54) is 6.07 Å². The van der Waals surface area contributed by atoms with Crippen molar-refractivity contribution in [2.45, 2.75) is 25.7 Å². The zero-order valence-corrected chi connectivity index (χ0v) is 18.7. The van der Waals surface area contributed by atoms with Crippen molar-refractivity contribution in [2.75, 3.05) is 17.7 Å². The first-order chi connectivity index (χ1) is 16.4. The monoisotopic (exact) mass is 457 g/mol. The number of amides is 2. The Morgan fingerprint density at radius 3 is 2.38 bits per heavy atom. The third-order valence-electron chi connectivity index (χ3n) is 6.32. The summed E-state index contributed by atoms with van der Waals surface area (Å²) in [5.41, 5.74) is 4.96. The van der Waals surface area contributed by atoms with Gasteiger partial charge in [0.2, 0.25) is 5.91 Å². The van der Waals surface area contributed by atoms with Gasteiger partial charge in [-0.3, -0.25) is 14.4 Å². The second-order valence-electron chi connectivity index (χ2n) is 8.74. The van der Waals surface area contributed by atoms with E-state index in [9.17, 15) is 18.8 Å². The third kappa shape index (κ3) is 4.29. The van der Waals surface area contributed by atoms with Crippen molar-refractivity contribution in [1.29, 1.82) is 0 Å². The van der Waals surface area contributed by atoms with Gasteiger partial charge in [-0.25, -0.2) is 4.39 Å². The summed E-state index contributed by atoms with van der Waals surface area (Å²) in [6.45, 7) is 0. The van der Waals surface area contributed by atoms with Gasteiger partial charge in [-0.1, -0.05) is 6.07 Å². The average molecular weight is 458 g/mol. The molecule has 172 valence electrons. The van der Waals surface area contributed by atoms with E-state index < -0.39 is 5.82 Å². The number of fused-ring (bicyclic) bond motifs is 2. The highest BCUT2D eigenvalue weighted by Gasteiger charge is 2.30. The molecular weight excluding hydrogens is 433 g/mol. The molecular formula is C27H24FN3O3. The summed E-state index contributed by atoms with van der Waals surface area (Å²) in [5, 5.41) is 8.50. The molecule has 0 unspecified atom stereocenters. The van der Waals surface area contributed by atoms with Gasteiger partial charge in [-0.05, 0) is 85.3 Å². The quantitative estimate of drug-likeness (QED) is 0.522. The van der Waals surface area contributed by atoms with E-state index in [4.69, 9.17) is 0 Å². The largest absolute Gasteiger partial charge is 0.355 e. The molecule has 2 aliphatic carbocycles. The lowest BCUT2D eigenvalue weighted by molar-refractivity contribution is -0.117. The van der Waals surface area contributed by atoms with E-state index in [1.807, 2.05) is 12.1 Å². The van der Waals surface area contributed by atoms with Crippen molar-refractivity contribution in [3.8, 4) is 0 Å². The zero-order chi connectivity index (χ0) is 23.8. The number of rotatable bonds is 5. The standard InChI is InChI=1S/C27H24FN3O3/c1-29-26(33)18-7-3-15-2-6-17-12-19(8-10-21(17)25(32)22(15)13-18)30-20-9-11-23(28)24(14-20)31-27(34)16-4-5-16/h3,7-14,16,30H,2,4-6H2,1H3,(H,29,33)(H,31,34). The van der Waals surface area contributed by atoms with Crippen LogP contribution in [-0.4, -0.2) is 24.6 Å². The minimum absolute atomic E-state index is 0.0188. The summed E-state index contributed by atoms with van der Waals surface area (Å²) < 4.78 is 14.2. The molecule has 0 aromatic heterocycles. The minimum Gasteiger partial charge on any atom is -0.355 e. The Morgan fingerprint density at radius 1 is 0.882 bits per heavy atom. The normalized spacial score (nSPS) is 14.5. The number of hydrogen-bond donors (Lipinski definition) is 3. The number of carbonyl (C=O) groups is 3. The summed E-state index contributed by atoms with van der Waals surface area (Å²) >= 11 is 0. The number of hydrogen-bond acceptors (Lipinski definition) is 4. The molecule has 1 fully saturated rings. The van der Waals surface area contributed by atoms with Crippen LogP contribution in [0.3, 0.4) is 0 Å². The predicted molar refractivity (Wildman–Crippen MR) is 128 cm³/mol. The third-order valence-corrected chi connectivity index (χ3v) is 6.32. The van der Waals surface area contributed by atoms with Crippen molar-refractivity contribution >= 4 is 34.7 Å². The van der Waals surface area contributed by atoms with Crippen LogP contribution >= 0.6 is 0 Å². The molecule has 2 amide bonds. The lowest BCUT2D eigenvalue weighted by Crippen LogP contribution is -2.18. The number of nitrogens with one attached hydrogen (secondary N) is 3. The van der Waals surface area contributed by atoms with E-state index in [2.05, 4.69) is 16.0 Å². The molecule has 0 atom stereocenters. The molecule has 0 heterocycles. The average Bonchev–Trinajstić information content (AvgIpc) is 3.70. The molecule has 0 radical (unpaired) electrons. The molecule has 1 saturated carbocycles. The highest BCUT2D eigenvalue weighted by Crippen LogP contribution is 2.32. The summed E-state index contributed by atoms with van der Waals surface area (Å²) in [4.78, 5) is 37.3. The van der Waals surface area contributed by atoms with E-state index in [0.29, 0.717) is 35.2 Å². The summed E-state index contributed by atoms with van der Waals surface area (Å²) in [6.07, 6.45) is 3.04. The highest BCUT2D eigenvalue weighted by molar-refractivity contribution is 6.12. The van der Waals surface area contributed by atoms with Crippen LogP contribution in [0.15, 0.2) is 54.6 Å². The van der Waals surface area contributed by atoms with Crippen LogP contribution in [0.25, 0.3) is 0 Å². The van der Waals surface area contributed by atoms with Gasteiger partial charge in [0.25, 0.3) is 5.91 Å². The Hall–Kier alpha value is -4.00. The fourth-order valence-electron chi connectivity index (χ4n) is 4.25. The first-order valence-corrected chi connectivity index (χ1v) is 11.3. The fraction of sp³-hybridized carbons (Fsp3) is 0.222. The minimum atomic E-state index is -0.485. The molecule has 34 heavy (non-hydrogen) atoms. The second-order valence-corrected chi connectivity index (χ2v) is 8.74. The summed E-state index contributed by atoms with van der Waals surface area (Å²) in [6, 6.07) is 15.2. The Morgan fingerprint density at radius 2 is 1.62 bits per heavy atom. The molecule has 7 heteroatoms. The number of aryl methyl sites for hydroxylation is 2. The number of carbonyl (C=O) groups excluding carboxylic acids is 3. The first-order valence-electron chi connectivity index (χ1n) is 11.3. The maximum absolute atomic E-state index is 14.2. The fourth-order valence-corrected chi connectivity index (χ4v) is 4.25. The van der Waals surface area contributed by atoms with Crippen molar-refractivity contribution in [1.82, 2.24) is 5.32 Å². The summed E-state index contributed by atoms with van der Waals surface area (Å²) in [5.74, 6) is -0.993. The Bertz CT molecular complexity index is 1330. The van der Waals surface area contributed by atoms with Crippen molar-refractivity contribution in [3.05, 3.63) is 88.2 Å². The van der Waals surface area contributed by atoms with Crippen LogP contribution in [-0.2, 0) is 17.6 Å². The van der Waals surface area contributed by atoms with E-state index in [1.54, 1.807) is 43.4 Å². The van der Waals surface area contributed by atoms with Gasteiger partial charge >= 0.3 is 0 Å². The maximum atomic E-state index is 14.2. The van der Waals surface area contributed by atoms with Gasteiger partial charge in [-0.15, -0.1) is 0 Å². The van der Waals surface area contributed by atoms with Crippen LogP contribution < -0.4 is 16.0 Å². The molecule has 0 bridgehead atoms. The SMILES string of the molecule is CNC(=O)c1ccc2c(c1)C(=O)c1ccc(Nc3ccc(F)c(NC(=O)C4CC4)c3)cc1CC2. The summed E-state index contributed by atoms with van der Waals surface area (Å²) in [7, 11) is 1.56. The molecule has 6 nitrogen and oxygen atoms in total. The van der Waals surface area contributed by atoms with Crippen LogP contribution in [0.1, 0.15) is 50.2 Å². The smallest absolute Gasteiger partial charge is 0.251 e. The van der Waals surface area contributed by atoms with Crippen LogP contribution in [0.5, 0.6) is 0 Å². The van der Waals surface area contributed by atoms with E-state index >= 15 is 0 Å². The Labute approximate surface area is 196 Å². The highest BCUT2D eigenvalue weighted by atomic mass is 19.1. The van der Waals surface area contributed by atoms with Gasteiger partial charge in [0, 0.05) is 41.0 Å². The van der Waals surface area contributed by atoms with Crippen LogP contribution in [0.2, 0.25) is 0 Å². The molecule has 0 saturated heterocycles. The number of benzene rings is 3. The molecule has 5 rings (SSSR count). The lowest BCUT2D eigenvalue weighted by atomic mass is 9.96. The van der Waals surface area contributed by atoms with Crippen molar-refractivity contribution in [2.24, 2.45) is 5.92 Å². The van der Waals surface area contributed by atoms with Crippen molar-refractivity contribution < 1.29 is 18.8 Å². The topological polar surface area (TPSA) is 87.3 Å². The second kappa shape index (κ2) is 8.74. The number of anilines is 3. The van der Waals surface area contributed by atoms with Crippen molar-refractivity contribution in [3.63, 3.8) is 0 Å². The van der Waals surface area contributed by atoms with Crippen LogP contribution in [0.4, 0.5) is 21.5 Å². The molecule has 3 N–H and O–H groups in total. The van der Waals surface area contributed by atoms with E-state index in [-0.39, 0.29) is 29.2 Å². The first kappa shape index (κ1) is 21.8. The number of ketones is 1. The maximum Gasteiger partial charge on any atom is 0.251 e. The molecule has 0 aliphatic heterocycles. The van der Waals surface area contributed by atoms with Gasteiger partial charge in [0.15, 0.2) is 5.78 Å². The predicted octanol–water partition coefficient (Wildman–Crippen LogP) is 4.61. The van der Waals surface area contributed by atoms with Gasteiger partial charge < -0.3 is 16.0 Å². The molecule has 3 aromatic rings. The lowest BCUT2D eigenvalue weighted by Gasteiger charge is -2.13. The number of halogens is 1. The van der Waals surface area contributed by atoms with Crippen LogP contribution in [0, 0.1) is 11.7 Å². The Kier molecular flexibility index (Phi) is 5.61. The van der Waals surface area contributed by atoms with Gasteiger partial charge in [0.05, 0.1) is 5.69 Å². The molecule has 3 aromatic carbocycles. The molecule has 0 spiro atoms. The Balaban J connectivity index is 1.39. The molecule has 2 aliphatic rings. The van der Waals surface area contributed by atoms with E-state index in [0.717, 1.165) is 29.7 Å².